The number of fused-ring (bicyclic) bond motifs is 2. The second kappa shape index (κ2) is 9.07. The minimum Gasteiger partial charge on any atom is -0.479 e. The van der Waals surface area contributed by atoms with Crippen LogP contribution in [0.15, 0.2) is 48.0 Å². The average molecular weight is 519 g/mol. The monoisotopic (exact) mass is 518 g/mol. The van der Waals surface area contributed by atoms with Crippen LogP contribution >= 0.6 is 0 Å². The molecule has 2 N–H and O–H groups in total. The zero-order valence-electron chi connectivity index (χ0n) is 22.3. The summed E-state index contributed by atoms with van der Waals surface area (Å²) < 4.78 is 13.0. The van der Waals surface area contributed by atoms with E-state index >= 15 is 0 Å². The number of amidine groups is 1. The van der Waals surface area contributed by atoms with Crippen LogP contribution in [0.4, 0.5) is 10.7 Å². The first-order valence-corrected chi connectivity index (χ1v) is 13.1. The fraction of sp³-hybridized carbons (Fsp3) is 0.481. The number of allylic oxidation sites excluding steroid dienone is 2. The molecule has 0 bridgehead atoms. The van der Waals surface area contributed by atoms with Crippen molar-refractivity contribution in [1.82, 2.24) is 29.9 Å². The highest BCUT2D eigenvalue weighted by Gasteiger charge is 2.48. The molecule has 0 unspecified atom stereocenters. The largest absolute Gasteiger partial charge is 0.479 e. The molecule has 11 nitrogen and oxygen atoms in total. The SMILES string of the molecule is COc1nc(NC2CCC3(CC2)CN(C(=O)OC(C)(C)C)C3)nn2ccc(C3=CN4NC=CN=C4C=C3)c12. The molecule has 1 amide bonds. The highest BCUT2D eigenvalue weighted by Crippen LogP contribution is 2.44. The lowest BCUT2D eigenvalue weighted by atomic mass is 9.67. The number of hydrazine groups is 1. The molecule has 0 radical (unpaired) electrons. The highest BCUT2D eigenvalue weighted by atomic mass is 16.6. The van der Waals surface area contributed by atoms with E-state index in [0.29, 0.717) is 11.8 Å². The number of anilines is 1. The van der Waals surface area contributed by atoms with E-state index in [9.17, 15) is 4.79 Å². The highest BCUT2D eigenvalue weighted by molar-refractivity contribution is 6.01. The van der Waals surface area contributed by atoms with Crippen molar-refractivity contribution in [2.45, 2.75) is 58.1 Å². The summed E-state index contributed by atoms with van der Waals surface area (Å²) in [6.45, 7) is 7.26. The van der Waals surface area contributed by atoms with Gasteiger partial charge in [-0.2, -0.15) is 4.98 Å². The van der Waals surface area contributed by atoms with E-state index in [1.165, 1.54) is 0 Å². The molecule has 200 valence electrons. The van der Waals surface area contributed by atoms with Crippen LogP contribution in [0.25, 0.3) is 11.1 Å². The fourth-order valence-corrected chi connectivity index (χ4v) is 5.61. The van der Waals surface area contributed by atoms with Gasteiger partial charge < -0.3 is 19.7 Å². The Balaban J connectivity index is 1.12. The summed E-state index contributed by atoms with van der Waals surface area (Å²) >= 11 is 0. The van der Waals surface area contributed by atoms with Crippen LogP contribution in [0, 0.1) is 5.41 Å². The van der Waals surface area contributed by atoms with E-state index < -0.39 is 5.60 Å². The van der Waals surface area contributed by atoms with Crippen molar-refractivity contribution in [3.8, 4) is 5.88 Å². The number of aliphatic imine (C=N–C) groups is 1. The summed E-state index contributed by atoms with van der Waals surface area (Å²) in [4.78, 5) is 23.2. The summed E-state index contributed by atoms with van der Waals surface area (Å²) in [5, 5.41) is 10.1. The molecule has 0 aromatic carbocycles. The number of likely N-dealkylation sites (tertiary alicyclic amines) is 1. The summed E-state index contributed by atoms with van der Waals surface area (Å²) in [5.74, 6) is 1.89. The molecular formula is C27H34N8O3. The van der Waals surface area contributed by atoms with Gasteiger partial charge in [-0.1, -0.05) is 0 Å². The molecule has 4 aliphatic rings. The molecule has 11 heteroatoms. The van der Waals surface area contributed by atoms with Crippen molar-refractivity contribution in [2.24, 2.45) is 10.4 Å². The Morgan fingerprint density at radius 1 is 1.21 bits per heavy atom. The quantitative estimate of drug-likeness (QED) is 0.627. The maximum Gasteiger partial charge on any atom is 0.410 e. The predicted octanol–water partition coefficient (Wildman–Crippen LogP) is 3.93. The summed E-state index contributed by atoms with van der Waals surface area (Å²) in [6.07, 6.45) is 15.3. The van der Waals surface area contributed by atoms with Gasteiger partial charge in [0.05, 0.1) is 7.11 Å². The Hall–Kier alpha value is -4.02. The third kappa shape index (κ3) is 4.57. The number of hydrogen-bond donors (Lipinski definition) is 2. The normalized spacial score (nSPS) is 20.4. The van der Waals surface area contributed by atoms with E-state index in [1.54, 1.807) is 19.5 Å². The minimum atomic E-state index is -0.464. The molecule has 1 saturated heterocycles. The summed E-state index contributed by atoms with van der Waals surface area (Å²) in [5.41, 5.74) is 5.68. The van der Waals surface area contributed by atoms with Gasteiger partial charge in [-0.15, -0.1) is 5.10 Å². The van der Waals surface area contributed by atoms with E-state index in [4.69, 9.17) is 19.6 Å². The maximum atomic E-state index is 12.3. The van der Waals surface area contributed by atoms with Gasteiger partial charge in [-0.05, 0) is 64.7 Å². The third-order valence-corrected chi connectivity index (χ3v) is 7.49. The number of carbonyl (C=O) groups excluding carboxylic acids is 1. The molecule has 0 atom stereocenters. The second-order valence-electron chi connectivity index (χ2n) is 11.4. The Morgan fingerprint density at radius 3 is 2.74 bits per heavy atom. The van der Waals surface area contributed by atoms with Crippen LogP contribution in [0.1, 0.15) is 52.0 Å². The van der Waals surface area contributed by atoms with E-state index in [0.717, 1.165) is 61.3 Å². The van der Waals surface area contributed by atoms with Crippen molar-refractivity contribution in [3.05, 3.63) is 48.6 Å². The van der Waals surface area contributed by atoms with Gasteiger partial charge in [0.2, 0.25) is 11.8 Å². The average Bonchev–Trinajstić information content (AvgIpc) is 3.30. The van der Waals surface area contributed by atoms with Gasteiger partial charge in [0.25, 0.3) is 0 Å². The first-order valence-electron chi connectivity index (χ1n) is 13.1. The predicted molar refractivity (Wildman–Crippen MR) is 144 cm³/mol. The van der Waals surface area contributed by atoms with Gasteiger partial charge in [-0.25, -0.2) is 19.3 Å². The first kappa shape index (κ1) is 24.3. The lowest BCUT2D eigenvalue weighted by Gasteiger charge is -2.53. The number of nitrogens with one attached hydrogen (secondary N) is 2. The van der Waals surface area contributed by atoms with Gasteiger partial charge in [0.15, 0.2) is 5.84 Å². The second-order valence-corrected chi connectivity index (χ2v) is 11.4. The van der Waals surface area contributed by atoms with Crippen LogP contribution in [0.5, 0.6) is 5.88 Å². The molecule has 2 aromatic rings. The summed E-state index contributed by atoms with van der Waals surface area (Å²) in [7, 11) is 1.63. The fourth-order valence-electron chi connectivity index (χ4n) is 5.61. The minimum absolute atomic E-state index is 0.206. The van der Waals surface area contributed by atoms with Crippen LogP contribution in [-0.2, 0) is 4.74 Å². The number of aromatic nitrogens is 3. The number of amides is 1. The molecule has 1 aliphatic carbocycles. The zero-order valence-corrected chi connectivity index (χ0v) is 22.3. The Morgan fingerprint density at radius 2 is 2.00 bits per heavy atom. The van der Waals surface area contributed by atoms with Crippen LogP contribution in [-0.4, -0.2) is 68.3 Å². The molecule has 6 rings (SSSR count). The maximum absolute atomic E-state index is 12.3. The number of rotatable bonds is 4. The number of carbonyl (C=O) groups is 1. The topological polar surface area (TPSA) is 109 Å². The molecule has 1 saturated carbocycles. The Kier molecular flexibility index (Phi) is 5.81. The molecule has 1 spiro atoms. The van der Waals surface area contributed by atoms with Crippen LogP contribution in [0.3, 0.4) is 0 Å². The smallest absolute Gasteiger partial charge is 0.410 e. The van der Waals surface area contributed by atoms with Gasteiger partial charge >= 0.3 is 6.09 Å². The van der Waals surface area contributed by atoms with Crippen molar-refractivity contribution in [3.63, 3.8) is 0 Å². The van der Waals surface area contributed by atoms with Crippen molar-refractivity contribution >= 4 is 29.0 Å². The first-order chi connectivity index (χ1) is 18.2. The zero-order chi connectivity index (χ0) is 26.5. The molecule has 2 aromatic heterocycles. The molecule has 5 heterocycles. The number of methoxy groups -OCH3 is 1. The standard InChI is InChI=1S/C27H34N8O3/c1-26(2,3)38-25(36)33-16-27(17-33)10-7-19(8-11-27)30-24-31-23(37-4)22-20(9-14-34(22)32-24)18-5-6-21-28-12-13-29-35(21)15-18/h5-6,9,12-15,19,29H,7-8,10-11,16-17H2,1-4H3,(H,30,32). The van der Waals surface area contributed by atoms with Crippen molar-refractivity contribution in [2.75, 3.05) is 25.5 Å². The summed E-state index contributed by atoms with van der Waals surface area (Å²) in [6, 6.07) is 2.29. The van der Waals surface area contributed by atoms with E-state index in [-0.39, 0.29) is 17.6 Å². The van der Waals surface area contributed by atoms with Gasteiger partial charge in [0, 0.05) is 60.5 Å². The molecule has 3 aliphatic heterocycles. The molecule has 2 fully saturated rings. The van der Waals surface area contributed by atoms with Crippen molar-refractivity contribution in [1.29, 1.82) is 0 Å². The Bertz CT molecular complexity index is 1370. The number of ether oxygens (including phenoxy) is 2. The van der Waals surface area contributed by atoms with Crippen molar-refractivity contribution < 1.29 is 14.3 Å². The Labute approximate surface area is 221 Å². The van der Waals surface area contributed by atoms with E-state index in [2.05, 4.69) is 15.7 Å². The van der Waals surface area contributed by atoms with E-state index in [1.807, 2.05) is 65.8 Å². The molecule has 38 heavy (non-hydrogen) atoms. The lowest BCUT2D eigenvalue weighted by Crippen LogP contribution is -2.60. The van der Waals surface area contributed by atoms with Crippen LogP contribution in [0.2, 0.25) is 0 Å². The molecular weight excluding hydrogens is 484 g/mol. The van der Waals surface area contributed by atoms with Gasteiger partial charge in [0.1, 0.15) is 11.1 Å². The van der Waals surface area contributed by atoms with Gasteiger partial charge in [-0.3, -0.25) is 5.43 Å². The van der Waals surface area contributed by atoms with Crippen LogP contribution < -0.4 is 15.5 Å². The number of nitrogens with zero attached hydrogens (tertiary/aromatic N) is 6. The lowest BCUT2D eigenvalue weighted by molar-refractivity contribution is -0.0496. The third-order valence-electron chi connectivity index (χ3n) is 7.49. The number of hydrogen-bond acceptors (Lipinski definition) is 9.